The van der Waals surface area contributed by atoms with E-state index in [9.17, 15) is 0 Å². The van der Waals surface area contributed by atoms with Crippen molar-refractivity contribution in [3.63, 3.8) is 0 Å². The Hall–Kier alpha value is -0.818. The Labute approximate surface area is 315 Å². The minimum atomic E-state index is -1.08. The SMILES string of the molecule is CC(=O)[O-].CCCCCCCCC1(CCCCCCCC)c2cc(C)ccc2-c2ccc(-c3ccc(C)cc3)cc21.[Cs+]. The van der Waals surface area contributed by atoms with Gasteiger partial charge in [-0.3, -0.25) is 0 Å². The fourth-order valence-electron chi connectivity index (χ4n) is 6.61. The molecule has 42 heavy (non-hydrogen) atoms. The van der Waals surface area contributed by atoms with Crippen LogP contribution in [-0.2, 0) is 10.2 Å². The predicted molar refractivity (Wildman–Crippen MR) is 174 cm³/mol. The van der Waals surface area contributed by atoms with Gasteiger partial charge in [-0.25, -0.2) is 0 Å². The fourth-order valence-corrected chi connectivity index (χ4v) is 6.61. The smallest absolute Gasteiger partial charge is 0.550 e. The first-order valence-electron chi connectivity index (χ1n) is 16.3. The molecular formula is C39H53CsO2. The van der Waals surface area contributed by atoms with Crippen LogP contribution in [0.2, 0.25) is 0 Å². The predicted octanol–water partition coefficient (Wildman–Crippen LogP) is 7.50. The second-order valence-corrected chi connectivity index (χ2v) is 12.3. The van der Waals surface area contributed by atoms with Gasteiger partial charge in [-0.05, 0) is 73.1 Å². The van der Waals surface area contributed by atoms with E-state index in [1.807, 2.05) is 0 Å². The van der Waals surface area contributed by atoms with Gasteiger partial charge in [-0.1, -0.05) is 157 Å². The summed E-state index contributed by atoms with van der Waals surface area (Å²) < 4.78 is 0. The van der Waals surface area contributed by atoms with E-state index in [1.54, 1.807) is 11.1 Å². The molecule has 0 N–H and O–H groups in total. The van der Waals surface area contributed by atoms with E-state index >= 15 is 0 Å². The average molecular weight is 687 g/mol. The molecular weight excluding hydrogens is 633 g/mol. The standard InChI is InChI=1S/C37H50.C2H4O2.Cs/c1-5-7-9-11-13-15-25-37(26-16-14-12-10-8-6-2)35-27-30(4)19-23-33(35)34-24-22-32(28-36(34)37)31-20-17-29(3)18-21-31;1-2(3)4;/h17-24,27-28H,5-16,25-26H2,1-4H3;1H3,(H,3,4);/q;;+1/p-1. The number of aryl methyl sites for hydroxylation is 2. The first-order valence-corrected chi connectivity index (χ1v) is 16.3. The van der Waals surface area contributed by atoms with E-state index in [4.69, 9.17) is 9.90 Å². The summed E-state index contributed by atoms with van der Waals surface area (Å²) in [5.41, 5.74) is 11.8. The molecule has 4 rings (SSSR count). The van der Waals surface area contributed by atoms with Gasteiger partial charge in [0.15, 0.2) is 0 Å². The molecule has 3 aromatic rings. The summed E-state index contributed by atoms with van der Waals surface area (Å²) in [6.07, 6.45) is 18.9. The van der Waals surface area contributed by atoms with Crippen LogP contribution in [0.3, 0.4) is 0 Å². The first-order chi connectivity index (χ1) is 19.8. The van der Waals surface area contributed by atoms with E-state index in [-0.39, 0.29) is 74.3 Å². The summed E-state index contributed by atoms with van der Waals surface area (Å²) in [6.45, 7) is 10.1. The monoisotopic (exact) mass is 686 g/mol. The maximum Gasteiger partial charge on any atom is 1.00 e. The van der Waals surface area contributed by atoms with Gasteiger partial charge in [0.05, 0.1) is 0 Å². The van der Waals surface area contributed by atoms with Crippen molar-refractivity contribution >= 4 is 5.97 Å². The number of hydrogen-bond donors (Lipinski definition) is 0. The minimum absolute atomic E-state index is 0. The summed E-state index contributed by atoms with van der Waals surface area (Å²) >= 11 is 0. The van der Waals surface area contributed by atoms with Crippen LogP contribution in [0.4, 0.5) is 0 Å². The minimum Gasteiger partial charge on any atom is -0.550 e. The Morgan fingerprint density at radius 2 is 1.00 bits per heavy atom. The zero-order chi connectivity index (χ0) is 29.7. The van der Waals surface area contributed by atoms with E-state index in [1.165, 1.54) is 123 Å². The Bertz CT molecular complexity index is 1210. The van der Waals surface area contributed by atoms with Crippen LogP contribution in [0.15, 0.2) is 60.7 Å². The molecule has 0 bridgehead atoms. The molecule has 3 heteroatoms. The van der Waals surface area contributed by atoms with Crippen LogP contribution in [0, 0.1) is 13.8 Å². The number of rotatable bonds is 15. The third-order valence-corrected chi connectivity index (χ3v) is 8.82. The van der Waals surface area contributed by atoms with Gasteiger partial charge in [0.2, 0.25) is 0 Å². The van der Waals surface area contributed by atoms with Crippen molar-refractivity contribution in [1.29, 1.82) is 0 Å². The second-order valence-electron chi connectivity index (χ2n) is 12.3. The number of hydrogen-bond acceptors (Lipinski definition) is 2. The Kier molecular flexibility index (Phi) is 17.4. The maximum absolute atomic E-state index is 8.89. The van der Waals surface area contributed by atoms with E-state index in [2.05, 4.69) is 88.4 Å². The third-order valence-electron chi connectivity index (χ3n) is 8.82. The Morgan fingerprint density at radius 3 is 1.52 bits per heavy atom. The van der Waals surface area contributed by atoms with Crippen LogP contribution >= 0.6 is 0 Å². The zero-order valence-corrected chi connectivity index (χ0v) is 33.8. The number of unbranched alkanes of at least 4 members (excludes halogenated alkanes) is 10. The van der Waals surface area contributed by atoms with Crippen molar-refractivity contribution in [2.75, 3.05) is 0 Å². The number of carboxylic acid groups (broad SMARTS) is 1. The normalized spacial score (nSPS) is 12.5. The van der Waals surface area contributed by atoms with Crippen molar-refractivity contribution in [2.24, 2.45) is 0 Å². The summed E-state index contributed by atoms with van der Waals surface area (Å²) in [5, 5.41) is 8.89. The molecule has 1 aliphatic carbocycles. The van der Waals surface area contributed by atoms with E-state index < -0.39 is 5.97 Å². The van der Waals surface area contributed by atoms with Gasteiger partial charge in [0.1, 0.15) is 0 Å². The van der Waals surface area contributed by atoms with Crippen molar-refractivity contribution < 1.29 is 78.8 Å². The number of fused-ring (bicyclic) bond motifs is 3. The van der Waals surface area contributed by atoms with Gasteiger partial charge in [-0.2, -0.15) is 0 Å². The molecule has 222 valence electrons. The van der Waals surface area contributed by atoms with Crippen LogP contribution in [0.1, 0.15) is 133 Å². The molecule has 0 amide bonds. The first kappa shape index (κ1) is 37.4. The molecule has 0 atom stereocenters. The van der Waals surface area contributed by atoms with Gasteiger partial charge >= 0.3 is 68.9 Å². The molecule has 3 aromatic carbocycles. The van der Waals surface area contributed by atoms with Crippen LogP contribution < -0.4 is 74.0 Å². The van der Waals surface area contributed by atoms with Crippen LogP contribution in [0.5, 0.6) is 0 Å². The molecule has 0 aliphatic heterocycles. The number of aliphatic carboxylic acids is 1. The van der Waals surface area contributed by atoms with Crippen LogP contribution in [-0.4, -0.2) is 5.97 Å². The number of carbonyl (C=O) groups is 1. The summed E-state index contributed by atoms with van der Waals surface area (Å²) in [7, 11) is 0. The molecule has 2 nitrogen and oxygen atoms in total. The molecule has 0 saturated heterocycles. The molecule has 0 spiro atoms. The molecule has 0 unspecified atom stereocenters. The third kappa shape index (κ3) is 10.7. The maximum atomic E-state index is 8.89. The molecule has 0 saturated carbocycles. The Balaban J connectivity index is 0.00000116. The summed E-state index contributed by atoms with van der Waals surface area (Å²) in [4.78, 5) is 8.89. The molecule has 0 fully saturated rings. The topological polar surface area (TPSA) is 40.1 Å². The van der Waals surface area contributed by atoms with Gasteiger partial charge in [-0.15, -0.1) is 0 Å². The number of carbonyl (C=O) groups excluding carboxylic acids is 1. The van der Waals surface area contributed by atoms with E-state index in [0.29, 0.717) is 0 Å². The molecule has 0 aromatic heterocycles. The molecule has 0 heterocycles. The van der Waals surface area contributed by atoms with E-state index in [0.717, 1.165) is 6.92 Å². The summed E-state index contributed by atoms with van der Waals surface area (Å²) in [5.74, 6) is -1.08. The molecule has 1 aliphatic rings. The second kappa shape index (κ2) is 19.5. The van der Waals surface area contributed by atoms with Crippen molar-refractivity contribution in [1.82, 2.24) is 0 Å². The van der Waals surface area contributed by atoms with Gasteiger partial charge in [0, 0.05) is 11.4 Å². The fraction of sp³-hybridized carbons (Fsp3) is 0.513. The Morgan fingerprint density at radius 1 is 0.595 bits per heavy atom. The zero-order valence-electron chi connectivity index (χ0n) is 27.5. The van der Waals surface area contributed by atoms with Crippen molar-refractivity contribution in [3.05, 3.63) is 82.9 Å². The molecule has 0 radical (unpaired) electrons. The van der Waals surface area contributed by atoms with Crippen LogP contribution in [0.25, 0.3) is 22.3 Å². The average Bonchev–Trinajstić information content (AvgIpc) is 3.21. The largest absolute Gasteiger partial charge is 1.00 e. The summed E-state index contributed by atoms with van der Waals surface area (Å²) in [6, 6.07) is 23.7. The van der Waals surface area contributed by atoms with Crippen molar-refractivity contribution in [3.8, 4) is 22.3 Å². The number of benzene rings is 3. The quantitative estimate of drug-likeness (QED) is 0.156. The van der Waals surface area contributed by atoms with Gasteiger partial charge < -0.3 is 9.90 Å². The number of carboxylic acids is 1. The van der Waals surface area contributed by atoms with Gasteiger partial charge in [0.25, 0.3) is 0 Å². The van der Waals surface area contributed by atoms with Crippen molar-refractivity contribution in [2.45, 2.75) is 130 Å².